The Bertz CT molecular complexity index is 844. The zero-order valence-electron chi connectivity index (χ0n) is 13.5. The first-order valence-electron chi connectivity index (χ1n) is 7.71. The molecule has 23 heavy (non-hydrogen) atoms. The van der Waals surface area contributed by atoms with Crippen LogP contribution in [0, 0.1) is 11.8 Å². The number of fused-ring (bicyclic) bond motifs is 1. The van der Waals surface area contributed by atoms with Crippen molar-refractivity contribution < 1.29 is 14.6 Å². The molecule has 1 saturated carbocycles. The summed E-state index contributed by atoms with van der Waals surface area (Å²) in [5, 5.41) is 9.93. The summed E-state index contributed by atoms with van der Waals surface area (Å²) in [6, 6.07) is 0. The monoisotopic (exact) mass is 313 g/mol. The molecule has 5 heteroatoms. The summed E-state index contributed by atoms with van der Waals surface area (Å²) in [6.07, 6.45) is 3.37. The molecule has 3 rings (SSSR count). The van der Waals surface area contributed by atoms with E-state index in [1.165, 1.54) is 4.57 Å². The van der Waals surface area contributed by atoms with E-state index in [2.05, 4.69) is 11.8 Å². The minimum Gasteiger partial charge on any atom is -0.462 e. The SMILES string of the molecule is CCOC(=O)C1=C(C)Cc2c1c(C#CC1(O)CC1)cn(C)c2=O. The highest BCUT2D eigenvalue weighted by molar-refractivity contribution is 6.19. The van der Waals surface area contributed by atoms with Crippen LogP contribution in [0.3, 0.4) is 0 Å². The first kappa shape index (κ1) is 15.6. The number of rotatable bonds is 2. The molecule has 2 aliphatic carbocycles. The zero-order chi connectivity index (χ0) is 16.8. The van der Waals surface area contributed by atoms with E-state index in [0.717, 1.165) is 5.57 Å². The van der Waals surface area contributed by atoms with E-state index in [1.807, 2.05) is 6.92 Å². The Hall–Kier alpha value is -2.32. The van der Waals surface area contributed by atoms with E-state index in [0.29, 0.717) is 41.5 Å². The van der Waals surface area contributed by atoms with Crippen molar-refractivity contribution in [2.75, 3.05) is 6.61 Å². The maximum atomic E-state index is 12.4. The number of nitrogens with zero attached hydrogens (tertiary/aromatic N) is 1. The molecule has 0 aliphatic heterocycles. The van der Waals surface area contributed by atoms with Crippen LogP contribution in [0.1, 0.15) is 43.4 Å². The number of aryl methyl sites for hydroxylation is 1. The standard InChI is InChI=1S/C18H19NO4/c1-4-23-17(21)14-11(2)9-13-15(14)12(10-19(3)16(13)20)5-6-18(22)7-8-18/h10,22H,4,7-9H2,1-3H3. The summed E-state index contributed by atoms with van der Waals surface area (Å²) in [4.78, 5) is 24.7. The van der Waals surface area contributed by atoms with Crippen LogP contribution in [0.5, 0.6) is 0 Å². The molecule has 0 saturated heterocycles. The first-order valence-corrected chi connectivity index (χ1v) is 7.71. The van der Waals surface area contributed by atoms with E-state index < -0.39 is 11.6 Å². The van der Waals surface area contributed by atoms with Crippen molar-refractivity contribution in [3.05, 3.63) is 38.8 Å². The first-order chi connectivity index (χ1) is 10.9. The number of aromatic nitrogens is 1. The highest BCUT2D eigenvalue weighted by atomic mass is 16.5. The van der Waals surface area contributed by atoms with Gasteiger partial charge in [-0.2, -0.15) is 0 Å². The third kappa shape index (κ3) is 2.71. The fourth-order valence-corrected chi connectivity index (χ4v) is 2.82. The Morgan fingerprint density at radius 3 is 2.78 bits per heavy atom. The summed E-state index contributed by atoms with van der Waals surface area (Å²) in [5.41, 5.74) is 1.94. The van der Waals surface area contributed by atoms with E-state index in [-0.39, 0.29) is 12.2 Å². The highest BCUT2D eigenvalue weighted by Crippen LogP contribution is 2.36. The molecule has 1 aromatic rings. The Morgan fingerprint density at radius 1 is 1.48 bits per heavy atom. The van der Waals surface area contributed by atoms with Crippen LogP contribution < -0.4 is 5.56 Å². The van der Waals surface area contributed by atoms with Gasteiger partial charge in [0.25, 0.3) is 5.56 Å². The van der Waals surface area contributed by atoms with Crippen molar-refractivity contribution in [2.24, 2.45) is 7.05 Å². The Labute approximate surface area is 134 Å². The van der Waals surface area contributed by atoms with Gasteiger partial charge >= 0.3 is 5.97 Å². The predicted molar refractivity (Wildman–Crippen MR) is 85.7 cm³/mol. The maximum Gasteiger partial charge on any atom is 0.338 e. The molecule has 0 amide bonds. The minimum absolute atomic E-state index is 0.130. The lowest BCUT2D eigenvalue weighted by atomic mass is 10.0. The molecule has 0 radical (unpaired) electrons. The molecule has 0 unspecified atom stereocenters. The summed E-state index contributed by atoms with van der Waals surface area (Å²) in [7, 11) is 1.66. The van der Waals surface area contributed by atoms with Gasteiger partial charge < -0.3 is 14.4 Å². The van der Waals surface area contributed by atoms with E-state index in [1.54, 1.807) is 20.2 Å². The van der Waals surface area contributed by atoms with Crippen LogP contribution >= 0.6 is 0 Å². The van der Waals surface area contributed by atoms with Gasteiger partial charge in [0.05, 0.1) is 12.2 Å². The molecule has 0 aromatic carbocycles. The van der Waals surface area contributed by atoms with E-state index in [9.17, 15) is 14.7 Å². The van der Waals surface area contributed by atoms with E-state index in [4.69, 9.17) is 4.74 Å². The molecule has 0 spiro atoms. The van der Waals surface area contributed by atoms with Gasteiger partial charge in [0.1, 0.15) is 5.60 Å². The van der Waals surface area contributed by atoms with Crippen LogP contribution in [0.25, 0.3) is 5.57 Å². The number of pyridine rings is 1. The van der Waals surface area contributed by atoms with Crippen molar-refractivity contribution in [3.63, 3.8) is 0 Å². The number of ether oxygens (including phenoxy) is 1. The van der Waals surface area contributed by atoms with Gasteiger partial charge in [0.15, 0.2) is 0 Å². The Morgan fingerprint density at radius 2 is 2.17 bits per heavy atom. The number of aliphatic hydroxyl groups is 1. The molecule has 1 N–H and O–H groups in total. The second-order valence-corrected chi connectivity index (χ2v) is 6.15. The van der Waals surface area contributed by atoms with Gasteiger partial charge in [-0.05, 0) is 26.7 Å². The summed E-state index contributed by atoms with van der Waals surface area (Å²) >= 11 is 0. The second kappa shape index (κ2) is 5.39. The lowest BCUT2D eigenvalue weighted by Gasteiger charge is -2.10. The molecule has 0 atom stereocenters. The van der Waals surface area contributed by atoms with Crippen LogP contribution in [-0.4, -0.2) is 27.9 Å². The molecular formula is C18H19NO4. The largest absolute Gasteiger partial charge is 0.462 e. The fourth-order valence-electron chi connectivity index (χ4n) is 2.82. The maximum absolute atomic E-state index is 12.4. The van der Waals surface area contributed by atoms with Crippen LogP contribution in [0.2, 0.25) is 0 Å². The fraction of sp³-hybridized carbons (Fsp3) is 0.444. The summed E-state index contributed by atoms with van der Waals surface area (Å²) < 4.78 is 6.61. The lowest BCUT2D eigenvalue weighted by molar-refractivity contribution is -0.136. The summed E-state index contributed by atoms with van der Waals surface area (Å²) in [6.45, 7) is 3.85. The third-order valence-corrected chi connectivity index (χ3v) is 4.22. The summed E-state index contributed by atoms with van der Waals surface area (Å²) in [5.74, 6) is 5.38. The van der Waals surface area contributed by atoms with Crippen molar-refractivity contribution in [3.8, 4) is 11.8 Å². The van der Waals surface area contributed by atoms with E-state index >= 15 is 0 Å². The smallest absolute Gasteiger partial charge is 0.338 e. The van der Waals surface area contributed by atoms with Gasteiger partial charge in [-0.1, -0.05) is 17.4 Å². The van der Waals surface area contributed by atoms with Crippen molar-refractivity contribution in [2.45, 2.75) is 38.7 Å². The average molecular weight is 313 g/mol. The third-order valence-electron chi connectivity index (χ3n) is 4.22. The number of hydrogen-bond acceptors (Lipinski definition) is 4. The molecule has 2 aliphatic rings. The van der Waals surface area contributed by atoms with Crippen LogP contribution in [-0.2, 0) is 23.0 Å². The molecule has 120 valence electrons. The van der Waals surface area contributed by atoms with Crippen LogP contribution in [0.4, 0.5) is 0 Å². The van der Waals surface area contributed by atoms with Gasteiger partial charge in [0, 0.05) is 36.4 Å². The van der Waals surface area contributed by atoms with Gasteiger partial charge in [-0.25, -0.2) is 4.79 Å². The molecule has 1 fully saturated rings. The van der Waals surface area contributed by atoms with Crippen molar-refractivity contribution >= 4 is 11.5 Å². The predicted octanol–water partition coefficient (Wildman–Crippen LogP) is 1.15. The van der Waals surface area contributed by atoms with Gasteiger partial charge in [-0.3, -0.25) is 4.79 Å². The number of esters is 1. The number of carbonyl (C=O) groups is 1. The van der Waals surface area contributed by atoms with Crippen molar-refractivity contribution in [1.29, 1.82) is 0 Å². The van der Waals surface area contributed by atoms with Crippen molar-refractivity contribution in [1.82, 2.24) is 4.57 Å². The number of hydrogen-bond donors (Lipinski definition) is 1. The van der Waals surface area contributed by atoms with Gasteiger partial charge in [0.2, 0.25) is 0 Å². The number of allylic oxidation sites excluding steroid dienone is 1. The lowest BCUT2D eigenvalue weighted by Crippen LogP contribution is -2.22. The quantitative estimate of drug-likeness (QED) is 0.657. The molecule has 1 heterocycles. The molecular weight excluding hydrogens is 294 g/mol. The molecule has 1 aromatic heterocycles. The van der Waals surface area contributed by atoms with Gasteiger partial charge in [-0.15, -0.1) is 0 Å². The normalized spacial score (nSPS) is 17.4. The molecule has 0 bridgehead atoms. The topological polar surface area (TPSA) is 68.5 Å². The second-order valence-electron chi connectivity index (χ2n) is 6.15. The zero-order valence-corrected chi connectivity index (χ0v) is 13.5. The average Bonchev–Trinajstić information content (AvgIpc) is 3.12. The van der Waals surface area contributed by atoms with Crippen LogP contribution in [0.15, 0.2) is 16.6 Å². The Kier molecular flexibility index (Phi) is 3.65. The highest BCUT2D eigenvalue weighted by Gasteiger charge is 2.38. The minimum atomic E-state index is -0.914. The number of carbonyl (C=O) groups excluding carboxylic acids is 1. The Balaban J connectivity index is 2.17. The molecule has 5 nitrogen and oxygen atoms in total.